The maximum Gasteiger partial charge on any atom is 0.271 e. The molecule has 136 valence electrons. The molecule has 2 aromatic carbocycles. The minimum atomic E-state index is -0.272. The van der Waals surface area contributed by atoms with E-state index in [0.717, 1.165) is 30.5 Å². The number of fused-ring (bicyclic) bond motifs is 3. The van der Waals surface area contributed by atoms with Gasteiger partial charge in [-0.3, -0.25) is 9.36 Å². The van der Waals surface area contributed by atoms with E-state index in [2.05, 4.69) is 4.98 Å². The number of ether oxygens (including phenoxy) is 1. The highest BCUT2D eigenvalue weighted by atomic mass is 16.5. The Morgan fingerprint density at radius 3 is 2.67 bits per heavy atom. The van der Waals surface area contributed by atoms with Crippen molar-refractivity contribution in [3.63, 3.8) is 0 Å². The van der Waals surface area contributed by atoms with Crippen LogP contribution in [0.5, 0.6) is 5.88 Å². The van der Waals surface area contributed by atoms with Crippen molar-refractivity contribution >= 4 is 16.8 Å². The Balaban J connectivity index is 1.86. The van der Waals surface area contributed by atoms with Crippen LogP contribution in [-0.2, 0) is 11.3 Å². The Hall–Kier alpha value is -3.12. The average Bonchev–Trinajstić information content (AvgIpc) is 3.33. The summed E-state index contributed by atoms with van der Waals surface area (Å²) in [7, 11) is 0. The molecule has 0 aliphatic carbocycles. The van der Waals surface area contributed by atoms with Gasteiger partial charge in [-0.15, -0.1) is 0 Å². The fourth-order valence-electron chi connectivity index (χ4n) is 3.85. The molecule has 6 nitrogen and oxygen atoms in total. The molecule has 1 fully saturated rings. The van der Waals surface area contributed by atoms with Crippen LogP contribution < -0.4 is 5.56 Å². The molecular formula is C21H19N3O3. The molecule has 0 radical (unpaired) electrons. The van der Waals surface area contributed by atoms with E-state index in [9.17, 15) is 9.90 Å². The van der Waals surface area contributed by atoms with Crippen LogP contribution in [0.4, 0.5) is 0 Å². The number of hydrogen-bond acceptors (Lipinski definition) is 4. The van der Waals surface area contributed by atoms with Crippen LogP contribution in [0.3, 0.4) is 0 Å². The molecule has 0 bridgehead atoms. The molecule has 1 aliphatic rings. The van der Waals surface area contributed by atoms with Crippen molar-refractivity contribution in [1.29, 1.82) is 0 Å². The molecule has 1 saturated heterocycles. The van der Waals surface area contributed by atoms with Crippen LogP contribution in [-0.4, -0.2) is 31.8 Å². The second-order valence-electron chi connectivity index (χ2n) is 6.85. The Bertz CT molecular complexity index is 1190. The summed E-state index contributed by atoms with van der Waals surface area (Å²) >= 11 is 0. The number of hydrogen-bond donors (Lipinski definition) is 1. The summed E-state index contributed by atoms with van der Waals surface area (Å²) in [6.07, 6.45) is 1.94. The third-order valence-corrected chi connectivity index (χ3v) is 5.15. The maximum atomic E-state index is 13.3. The molecule has 1 atom stereocenters. The standard InChI is InChI=1S/C21H19N3O3/c25-19-18(14-7-2-1-3-8-14)20(26)24-17-11-5-4-10-16(17)22-21(24)23(19)13-15-9-6-12-27-15/h1-5,7-8,10-11,15,25H,6,9,12-13H2. The van der Waals surface area contributed by atoms with Gasteiger partial charge in [0.2, 0.25) is 11.7 Å². The van der Waals surface area contributed by atoms with Gasteiger partial charge in [0.1, 0.15) is 5.56 Å². The summed E-state index contributed by atoms with van der Waals surface area (Å²) in [6.45, 7) is 1.18. The van der Waals surface area contributed by atoms with E-state index in [0.29, 0.717) is 17.9 Å². The second-order valence-corrected chi connectivity index (χ2v) is 6.85. The highest BCUT2D eigenvalue weighted by Gasteiger charge is 2.24. The zero-order valence-corrected chi connectivity index (χ0v) is 14.7. The molecule has 0 spiro atoms. The summed E-state index contributed by atoms with van der Waals surface area (Å²) in [4.78, 5) is 18.0. The zero-order chi connectivity index (χ0) is 18.4. The first-order valence-corrected chi connectivity index (χ1v) is 9.14. The van der Waals surface area contributed by atoms with Gasteiger partial charge in [-0.1, -0.05) is 42.5 Å². The summed E-state index contributed by atoms with van der Waals surface area (Å²) < 4.78 is 9.06. The van der Waals surface area contributed by atoms with Gasteiger partial charge in [-0.05, 0) is 30.5 Å². The number of aromatic nitrogens is 3. The minimum absolute atomic E-state index is 0.00522. The molecule has 1 N–H and O–H groups in total. The van der Waals surface area contributed by atoms with E-state index < -0.39 is 0 Å². The topological polar surface area (TPSA) is 68.8 Å². The SMILES string of the molecule is O=c1c(-c2ccccc2)c(O)n(CC2CCCO2)c2nc3ccccc3n12. The molecule has 5 rings (SSSR count). The van der Waals surface area contributed by atoms with E-state index in [-0.39, 0.29) is 23.1 Å². The van der Waals surface area contributed by atoms with Gasteiger partial charge in [0, 0.05) is 6.61 Å². The Morgan fingerprint density at radius 2 is 1.89 bits per heavy atom. The van der Waals surface area contributed by atoms with Crippen LogP contribution in [0.25, 0.3) is 27.9 Å². The van der Waals surface area contributed by atoms with Crippen molar-refractivity contribution in [3.8, 4) is 17.0 Å². The molecule has 4 aromatic rings. The van der Waals surface area contributed by atoms with Gasteiger partial charge in [0.25, 0.3) is 5.56 Å². The van der Waals surface area contributed by atoms with Gasteiger partial charge in [-0.2, -0.15) is 0 Å². The van der Waals surface area contributed by atoms with Gasteiger partial charge >= 0.3 is 0 Å². The van der Waals surface area contributed by atoms with Crippen molar-refractivity contribution in [3.05, 3.63) is 65.0 Å². The normalized spacial score (nSPS) is 17.1. The number of para-hydroxylation sites is 2. The minimum Gasteiger partial charge on any atom is -0.494 e. The van der Waals surface area contributed by atoms with Crippen molar-refractivity contribution in [2.24, 2.45) is 0 Å². The lowest BCUT2D eigenvalue weighted by molar-refractivity contribution is 0.0955. The van der Waals surface area contributed by atoms with Crippen LogP contribution in [0.2, 0.25) is 0 Å². The van der Waals surface area contributed by atoms with Gasteiger partial charge in [0.05, 0.1) is 23.7 Å². The fraction of sp³-hybridized carbons (Fsp3) is 0.238. The summed E-state index contributed by atoms with van der Waals surface area (Å²) in [5.74, 6) is 0.374. The first-order chi connectivity index (χ1) is 13.2. The molecule has 0 saturated carbocycles. The Morgan fingerprint density at radius 1 is 1.11 bits per heavy atom. The van der Waals surface area contributed by atoms with Crippen LogP contribution in [0.1, 0.15) is 12.8 Å². The highest BCUT2D eigenvalue weighted by molar-refractivity contribution is 5.81. The smallest absolute Gasteiger partial charge is 0.271 e. The molecular weight excluding hydrogens is 342 g/mol. The maximum absolute atomic E-state index is 13.3. The third-order valence-electron chi connectivity index (χ3n) is 5.15. The zero-order valence-electron chi connectivity index (χ0n) is 14.7. The molecule has 27 heavy (non-hydrogen) atoms. The highest BCUT2D eigenvalue weighted by Crippen LogP contribution is 2.30. The molecule has 1 aliphatic heterocycles. The number of nitrogens with zero attached hydrogens (tertiary/aromatic N) is 3. The monoisotopic (exact) mass is 361 g/mol. The van der Waals surface area contributed by atoms with Crippen molar-refractivity contribution in [2.45, 2.75) is 25.5 Å². The van der Waals surface area contributed by atoms with Crippen LogP contribution >= 0.6 is 0 Å². The molecule has 2 aromatic heterocycles. The molecule has 3 heterocycles. The van der Waals surface area contributed by atoms with Crippen molar-refractivity contribution in [2.75, 3.05) is 6.61 Å². The Kier molecular flexibility index (Phi) is 3.72. The number of aromatic hydroxyl groups is 1. The van der Waals surface area contributed by atoms with E-state index in [1.54, 1.807) is 8.97 Å². The van der Waals surface area contributed by atoms with E-state index in [1.165, 1.54) is 0 Å². The van der Waals surface area contributed by atoms with Crippen LogP contribution in [0.15, 0.2) is 59.4 Å². The van der Waals surface area contributed by atoms with Crippen molar-refractivity contribution in [1.82, 2.24) is 14.0 Å². The summed E-state index contributed by atoms with van der Waals surface area (Å²) in [6, 6.07) is 16.8. The lowest BCUT2D eigenvalue weighted by Gasteiger charge is -2.17. The number of imidazole rings is 1. The van der Waals surface area contributed by atoms with Gasteiger partial charge in [-0.25, -0.2) is 9.38 Å². The first kappa shape index (κ1) is 16.1. The fourth-order valence-corrected chi connectivity index (χ4v) is 3.85. The molecule has 6 heteroatoms. The number of benzene rings is 2. The average molecular weight is 361 g/mol. The summed E-state index contributed by atoms with van der Waals surface area (Å²) in [5.41, 5.74) is 2.15. The van der Waals surface area contributed by atoms with E-state index in [1.807, 2.05) is 54.6 Å². The predicted molar refractivity (Wildman–Crippen MR) is 103 cm³/mol. The lowest BCUT2D eigenvalue weighted by atomic mass is 10.1. The first-order valence-electron chi connectivity index (χ1n) is 9.14. The van der Waals surface area contributed by atoms with Gasteiger partial charge in [0.15, 0.2) is 0 Å². The summed E-state index contributed by atoms with van der Waals surface area (Å²) in [5, 5.41) is 11.1. The quantitative estimate of drug-likeness (QED) is 0.608. The van der Waals surface area contributed by atoms with E-state index in [4.69, 9.17) is 4.74 Å². The Labute approximate surface area is 155 Å². The second kappa shape index (κ2) is 6.25. The van der Waals surface area contributed by atoms with E-state index >= 15 is 0 Å². The van der Waals surface area contributed by atoms with Crippen molar-refractivity contribution < 1.29 is 9.84 Å². The van der Waals surface area contributed by atoms with Gasteiger partial charge < -0.3 is 9.84 Å². The lowest BCUT2D eigenvalue weighted by Crippen LogP contribution is -2.24. The predicted octanol–water partition coefficient (Wildman–Crippen LogP) is 3.20. The largest absolute Gasteiger partial charge is 0.494 e. The number of rotatable bonds is 3. The van der Waals surface area contributed by atoms with Crippen LogP contribution in [0, 0.1) is 0 Å². The molecule has 0 amide bonds. The molecule has 1 unspecified atom stereocenters. The third kappa shape index (κ3) is 2.52.